The van der Waals surface area contributed by atoms with Crippen molar-refractivity contribution in [3.63, 3.8) is 0 Å². The maximum absolute atomic E-state index is 15.2. The molecule has 0 bridgehead atoms. The number of anilines is 2. The van der Waals surface area contributed by atoms with Crippen LogP contribution in [-0.4, -0.2) is 36.3 Å². The molecule has 234 valence electrons. The second-order valence-corrected chi connectivity index (χ2v) is 11.0. The lowest BCUT2D eigenvalue weighted by molar-refractivity contribution is -0.131. The van der Waals surface area contributed by atoms with E-state index in [-0.39, 0.29) is 11.4 Å². The number of unbranched alkanes of at least 4 members (excludes halogenated alkanes) is 2. The minimum Gasteiger partial charge on any atom is -0.493 e. The van der Waals surface area contributed by atoms with Crippen LogP contribution in [0.15, 0.2) is 79.0 Å². The van der Waals surface area contributed by atoms with Gasteiger partial charge in [-0.15, -0.1) is 0 Å². The smallest absolute Gasteiger partial charge is 0.240 e. The van der Waals surface area contributed by atoms with Crippen molar-refractivity contribution < 1.29 is 32.6 Å². The second-order valence-electron chi connectivity index (χ2n) is 10.6. The van der Waals surface area contributed by atoms with Crippen molar-refractivity contribution in [3.8, 4) is 23.0 Å². The van der Waals surface area contributed by atoms with Crippen molar-refractivity contribution >= 4 is 46.7 Å². The number of hydrogen-bond donors (Lipinski definition) is 3. The molecule has 1 heterocycles. The Kier molecular flexibility index (Phi) is 10.2. The highest BCUT2D eigenvalue weighted by Gasteiger charge is 2.56. The van der Waals surface area contributed by atoms with Crippen LogP contribution in [0.3, 0.4) is 0 Å². The summed E-state index contributed by atoms with van der Waals surface area (Å²) >= 11 is 4.22. The molecule has 5 rings (SSSR count). The number of carbonyl (C=O) groups excluding carboxylic acids is 2. The lowest BCUT2D eigenvalue weighted by Crippen LogP contribution is -2.35. The monoisotopic (exact) mass is 633 g/mol. The Morgan fingerprint density at radius 2 is 1.62 bits per heavy atom. The van der Waals surface area contributed by atoms with Crippen LogP contribution in [-0.2, 0) is 9.59 Å². The van der Waals surface area contributed by atoms with Gasteiger partial charge in [-0.05, 0) is 86.4 Å². The van der Waals surface area contributed by atoms with Crippen molar-refractivity contribution in [3.05, 3.63) is 90.6 Å². The fourth-order valence-electron chi connectivity index (χ4n) is 4.68. The van der Waals surface area contributed by atoms with E-state index < -0.39 is 28.9 Å². The number of halogens is 2. The van der Waals surface area contributed by atoms with Gasteiger partial charge in [-0.1, -0.05) is 12.2 Å². The van der Waals surface area contributed by atoms with Crippen LogP contribution in [0.25, 0.3) is 10.9 Å². The Labute approximate surface area is 265 Å². The topological polar surface area (TPSA) is 98.8 Å². The van der Waals surface area contributed by atoms with Crippen LogP contribution in [0.5, 0.6) is 23.0 Å². The van der Waals surface area contributed by atoms with E-state index in [4.69, 9.17) is 14.2 Å². The van der Waals surface area contributed by atoms with Gasteiger partial charge in [-0.3, -0.25) is 14.6 Å². The third kappa shape index (κ3) is 7.72. The van der Waals surface area contributed by atoms with E-state index >= 15 is 4.39 Å². The van der Waals surface area contributed by atoms with Crippen LogP contribution in [0.4, 0.5) is 20.2 Å². The van der Waals surface area contributed by atoms with Gasteiger partial charge < -0.3 is 24.8 Å². The number of allylic oxidation sites excluding steroid dienone is 1. The maximum atomic E-state index is 15.2. The molecule has 2 N–H and O–H groups in total. The summed E-state index contributed by atoms with van der Waals surface area (Å²) < 4.78 is 45.8. The summed E-state index contributed by atoms with van der Waals surface area (Å²) in [6.07, 6.45) is 9.36. The summed E-state index contributed by atoms with van der Waals surface area (Å²) in [6.45, 7) is 0.368. The number of nitrogens with zero attached hydrogens (tertiary/aromatic N) is 1. The van der Waals surface area contributed by atoms with E-state index in [9.17, 15) is 14.0 Å². The van der Waals surface area contributed by atoms with Crippen LogP contribution in [0.1, 0.15) is 32.1 Å². The molecule has 0 spiro atoms. The van der Waals surface area contributed by atoms with Crippen LogP contribution in [0.2, 0.25) is 0 Å². The lowest BCUT2D eigenvalue weighted by atomic mass is 10.0. The number of methoxy groups -OCH3 is 1. The number of ether oxygens (including phenoxy) is 3. The highest BCUT2D eigenvalue weighted by Crippen LogP contribution is 2.47. The molecule has 11 heteroatoms. The fraction of sp³-hybridized carbons (Fsp3) is 0.265. The molecule has 1 aromatic heterocycles. The molecule has 3 aromatic carbocycles. The van der Waals surface area contributed by atoms with Gasteiger partial charge in [0.2, 0.25) is 11.8 Å². The number of pyridine rings is 1. The van der Waals surface area contributed by atoms with Gasteiger partial charge in [-0.25, -0.2) is 8.78 Å². The largest absolute Gasteiger partial charge is 0.493 e. The molecule has 8 nitrogen and oxygen atoms in total. The number of rotatable bonds is 14. The quantitative estimate of drug-likeness (QED) is 0.0570. The molecule has 2 amide bonds. The minimum atomic E-state index is -1.28. The van der Waals surface area contributed by atoms with Crippen LogP contribution < -0.4 is 24.8 Å². The van der Waals surface area contributed by atoms with Crippen molar-refractivity contribution in [2.45, 2.75) is 32.1 Å². The second kappa shape index (κ2) is 14.4. The molecule has 1 fully saturated rings. The molecule has 0 radical (unpaired) electrons. The first-order valence-corrected chi connectivity index (χ1v) is 15.2. The third-order valence-electron chi connectivity index (χ3n) is 7.40. The van der Waals surface area contributed by atoms with Crippen LogP contribution in [0, 0.1) is 17.0 Å². The number of carbonyl (C=O) groups is 2. The van der Waals surface area contributed by atoms with Crippen molar-refractivity contribution in [1.82, 2.24) is 4.98 Å². The first kappa shape index (κ1) is 31.8. The Hall–Kier alpha value is -4.64. The molecule has 0 saturated heterocycles. The summed E-state index contributed by atoms with van der Waals surface area (Å²) in [5.74, 6) is -0.0743. The number of benzene rings is 3. The molecule has 0 unspecified atom stereocenters. The molecule has 0 atom stereocenters. The maximum Gasteiger partial charge on any atom is 0.240 e. The molecule has 1 aliphatic rings. The van der Waals surface area contributed by atoms with E-state index in [1.165, 1.54) is 43.5 Å². The van der Waals surface area contributed by atoms with Gasteiger partial charge in [-0.2, -0.15) is 12.6 Å². The highest BCUT2D eigenvalue weighted by molar-refractivity contribution is 7.80. The number of aromatic nitrogens is 1. The SMILES string of the molecule is COc1cc2c(Oc3ccc(NC(=O)C4(C(=O)Nc5ccc(F)cc5)CC4)cc3F)ccnc2cc1OC/C=C/CCCCS. The Morgan fingerprint density at radius 3 is 2.31 bits per heavy atom. The molecule has 1 aliphatic carbocycles. The molecule has 1 saturated carbocycles. The van der Waals surface area contributed by atoms with E-state index in [0.717, 1.165) is 31.1 Å². The fourth-order valence-corrected chi connectivity index (χ4v) is 4.91. The highest BCUT2D eigenvalue weighted by atomic mass is 32.1. The zero-order valence-electron chi connectivity index (χ0n) is 24.6. The van der Waals surface area contributed by atoms with Gasteiger partial charge in [0, 0.05) is 35.1 Å². The molecular formula is C34H33F2N3O5S. The number of nitrogens with one attached hydrogen (secondary N) is 2. The van der Waals surface area contributed by atoms with E-state index in [1.54, 1.807) is 24.4 Å². The van der Waals surface area contributed by atoms with Gasteiger partial charge in [0.25, 0.3) is 0 Å². The summed E-state index contributed by atoms with van der Waals surface area (Å²) in [4.78, 5) is 30.3. The zero-order chi connectivity index (χ0) is 31.8. The zero-order valence-corrected chi connectivity index (χ0v) is 25.5. The average molecular weight is 634 g/mol. The van der Waals surface area contributed by atoms with Gasteiger partial charge in [0.15, 0.2) is 23.1 Å². The summed E-state index contributed by atoms with van der Waals surface area (Å²) in [6, 6.07) is 14.4. The predicted octanol–water partition coefficient (Wildman–Crippen LogP) is 7.71. The summed E-state index contributed by atoms with van der Waals surface area (Å²) in [7, 11) is 1.53. The van der Waals surface area contributed by atoms with Crippen molar-refractivity contribution in [1.29, 1.82) is 0 Å². The van der Waals surface area contributed by atoms with E-state index in [0.29, 0.717) is 53.3 Å². The molecule has 0 aliphatic heterocycles. The Balaban J connectivity index is 1.25. The standard InChI is InChI=1S/C34H33F2N3O5S/c1-42-30-20-25-27(21-31(30)43-17-5-3-2-4-6-18-45)37-16-13-28(25)44-29-12-11-24(19-26(29)36)39-33(41)34(14-15-34)32(40)38-23-9-7-22(35)8-10-23/h3,5,7-13,16,19-21,45H,2,4,6,14-15,17-18H2,1H3,(H,38,40)(H,39,41)/b5-3+. The third-order valence-corrected chi connectivity index (χ3v) is 7.71. The first-order valence-electron chi connectivity index (χ1n) is 14.5. The van der Waals surface area contributed by atoms with Crippen molar-refractivity contribution in [2.24, 2.45) is 5.41 Å². The molecule has 4 aromatic rings. The van der Waals surface area contributed by atoms with E-state index in [1.807, 2.05) is 6.08 Å². The Morgan fingerprint density at radius 1 is 0.889 bits per heavy atom. The minimum absolute atomic E-state index is 0.0713. The normalized spacial score (nSPS) is 13.4. The summed E-state index contributed by atoms with van der Waals surface area (Å²) in [5.41, 5.74) is -0.162. The Bertz CT molecular complexity index is 1710. The lowest BCUT2D eigenvalue weighted by Gasteiger charge is -2.16. The first-order chi connectivity index (χ1) is 21.8. The van der Waals surface area contributed by atoms with Gasteiger partial charge in [0.05, 0.1) is 12.6 Å². The summed E-state index contributed by atoms with van der Waals surface area (Å²) in [5, 5.41) is 5.87. The van der Waals surface area contributed by atoms with Crippen LogP contribution >= 0.6 is 12.6 Å². The molecule has 45 heavy (non-hydrogen) atoms. The van der Waals surface area contributed by atoms with Gasteiger partial charge in [0.1, 0.15) is 23.6 Å². The van der Waals surface area contributed by atoms with Crippen molar-refractivity contribution in [2.75, 3.05) is 30.1 Å². The average Bonchev–Trinajstić information content (AvgIpc) is 3.85. The number of amides is 2. The number of thiol groups is 1. The predicted molar refractivity (Wildman–Crippen MR) is 172 cm³/mol. The van der Waals surface area contributed by atoms with E-state index in [2.05, 4.69) is 34.3 Å². The molecular weight excluding hydrogens is 600 g/mol. The van der Waals surface area contributed by atoms with Gasteiger partial charge >= 0.3 is 0 Å². The number of hydrogen-bond acceptors (Lipinski definition) is 7. The number of fused-ring (bicyclic) bond motifs is 1.